The number of carbonyl (C=O) groups is 1. The highest BCUT2D eigenvalue weighted by atomic mass is 32.2. The fourth-order valence-electron chi connectivity index (χ4n) is 2.53. The number of rotatable bonds is 6. The molecule has 1 aromatic heterocycles. The van der Waals surface area contributed by atoms with Crippen molar-refractivity contribution in [2.45, 2.75) is 32.1 Å². The molecule has 25 heavy (non-hydrogen) atoms. The quantitative estimate of drug-likeness (QED) is 0.689. The minimum absolute atomic E-state index is 0.0577. The summed E-state index contributed by atoms with van der Waals surface area (Å²) >= 11 is 3.28. The van der Waals surface area contributed by atoms with Crippen LogP contribution in [-0.4, -0.2) is 22.6 Å². The van der Waals surface area contributed by atoms with Crippen LogP contribution in [0.1, 0.15) is 36.1 Å². The third-order valence-corrected chi connectivity index (χ3v) is 6.11. The summed E-state index contributed by atoms with van der Waals surface area (Å²) in [6, 6.07) is 8.75. The molecule has 1 aromatic carbocycles. The Balaban J connectivity index is 1.66. The van der Waals surface area contributed by atoms with Gasteiger partial charge in [-0.15, -0.1) is 23.1 Å². The summed E-state index contributed by atoms with van der Waals surface area (Å²) in [6.45, 7) is 4.21. The molecule has 0 spiro atoms. The van der Waals surface area contributed by atoms with E-state index in [2.05, 4.69) is 30.5 Å². The maximum atomic E-state index is 12.2. The third kappa shape index (κ3) is 4.35. The highest BCUT2D eigenvalue weighted by molar-refractivity contribution is 8.00. The van der Waals surface area contributed by atoms with Gasteiger partial charge >= 0.3 is 0 Å². The molecule has 132 valence electrons. The average Bonchev–Trinajstić information content (AvgIpc) is 3.02. The number of aliphatic imine (C=N–C) groups is 1. The number of thiophene rings is 1. The highest BCUT2D eigenvalue weighted by Crippen LogP contribution is 2.43. The lowest BCUT2D eigenvalue weighted by atomic mass is 10.2. The van der Waals surface area contributed by atoms with E-state index in [1.54, 1.807) is 29.5 Å². The van der Waals surface area contributed by atoms with Gasteiger partial charge in [0, 0.05) is 28.6 Å². The Labute approximate surface area is 155 Å². The van der Waals surface area contributed by atoms with Crippen molar-refractivity contribution in [3.8, 4) is 5.75 Å². The van der Waals surface area contributed by atoms with Gasteiger partial charge in [-0.2, -0.15) is 0 Å². The second kappa shape index (κ2) is 7.93. The van der Waals surface area contributed by atoms with Crippen LogP contribution in [0.25, 0.3) is 0 Å². The van der Waals surface area contributed by atoms with Crippen LogP contribution >= 0.6 is 23.1 Å². The van der Waals surface area contributed by atoms with Crippen molar-refractivity contribution < 1.29 is 9.90 Å². The zero-order valence-electron chi connectivity index (χ0n) is 14.2. The molecule has 1 aliphatic heterocycles. The van der Waals surface area contributed by atoms with E-state index in [4.69, 9.17) is 4.99 Å². The van der Waals surface area contributed by atoms with Crippen LogP contribution in [0.4, 0.5) is 10.7 Å². The topological polar surface area (TPSA) is 73.7 Å². The fraction of sp³-hybridized carbons (Fsp3) is 0.333. The molecule has 2 aromatic rings. The van der Waals surface area contributed by atoms with E-state index < -0.39 is 0 Å². The van der Waals surface area contributed by atoms with Crippen LogP contribution < -0.4 is 10.6 Å². The van der Waals surface area contributed by atoms with Gasteiger partial charge in [0.05, 0.1) is 5.75 Å². The predicted molar refractivity (Wildman–Crippen MR) is 107 cm³/mol. The molecule has 5 nitrogen and oxygen atoms in total. The molecule has 1 aliphatic rings. The number of amidine groups is 1. The van der Waals surface area contributed by atoms with Gasteiger partial charge in [-0.3, -0.25) is 9.79 Å². The van der Waals surface area contributed by atoms with Gasteiger partial charge in [0.15, 0.2) is 0 Å². The molecule has 7 heteroatoms. The molecule has 0 unspecified atom stereocenters. The summed E-state index contributed by atoms with van der Waals surface area (Å²) in [4.78, 5) is 18.3. The number of nitrogens with one attached hydrogen (secondary N) is 2. The zero-order chi connectivity index (χ0) is 17.8. The standard InChI is InChI=1S/C18H21N3O2S2/c1-3-13-9-14-17(20-15(4-2)21-18(14)25-13)24-10-16(23)19-11-6-5-7-12(22)8-11/h5-9,17,22H,3-4,10H2,1-2H3,(H,19,23)(H,20,21)/t17-/m0/s1. The summed E-state index contributed by atoms with van der Waals surface area (Å²) < 4.78 is 0. The number of aromatic hydroxyl groups is 1. The first kappa shape index (κ1) is 17.8. The maximum Gasteiger partial charge on any atom is 0.234 e. The number of benzene rings is 1. The van der Waals surface area contributed by atoms with Crippen LogP contribution in [-0.2, 0) is 11.2 Å². The number of aryl methyl sites for hydroxylation is 1. The van der Waals surface area contributed by atoms with E-state index in [0.29, 0.717) is 11.4 Å². The molecule has 2 heterocycles. The summed E-state index contributed by atoms with van der Waals surface area (Å²) in [6.07, 6.45) is 1.83. The Morgan fingerprint density at radius 1 is 1.36 bits per heavy atom. The SMILES string of the molecule is CCC1=N[C@@H](SCC(=O)Nc2cccc(O)c2)c2cc(CC)sc2N1. The number of anilines is 2. The number of hydrogen-bond donors (Lipinski definition) is 3. The monoisotopic (exact) mass is 375 g/mol. The maximum absolute atomic E-state index is 12.2. The van der Waals surface area contributed by atoms with Crippen LogP contribution in [0.3, 0.4) is 0 Å². The smallest absolute Gasteiger partial charge is 0.234 e. The Morgan fingerprint density at radius 2 is 2.20 bits per heavy atom. The van der Waals surface area contributed by atoms with E-state index in [9.17, 15) is 9.90 Å². The molecule has 1 atom stereocenters. The van der Waals surface area contributed by atoms with Crippen molar-refractivity contribution in [1.29, 1.82) is 0 Å². The molecule has 0 fully saturated rings. The minimum Gasteiger partial charge on any atom is -0.508 e. The Morgan fingerprint density at radius 3 is 2.92 bits per heavy atom. The molecule has 1 amide bonds. The van der Waals surface area contributed by atoms with Gasteiger partial charge in [0.1, 0.15) is 22.0 Å². The summed E-state index contributed by atoms with van der Waals surface area (Å²) in [5.41, 5.74) is 1.76. The van der Waals surface area contributed by atoms with Crippen LogP contribution in [0, 0.1) is 0 Å². The van der Waals surface area contributed by atoms with Crippen molar-refractivity contribution in [2.75, 3.05) is 16.4 Å². The van der Waals surface area contributed by atoms with Crippen LogP contribution in [0.5, 0.6) is 5.75 Å². The second-order valence-electron chi connectivity index (χ2n) is 5.67. The second-order valence-corrected chi connectivity index (χ2v) is 7.87. The van der Waals surface area contributed by atoms with Crippen LogP contribution in [0.15, 0.2) is 35.3 Å². The van der Waals surface area contributed by atoms with Crippen molar-refractivity contribution >= 4 is 45.5 Å². The molecule has 0 bridgehead atoms. The molecule has 0 aliphatic carbocycles. The van der Waals surface area contributed by atoms with Gasteiger partial charge in [-0.05, 0) is 24.6 Å². The Bertz CT molecular complexity index is 801. The number of carbonyl (C=O) groups excluding carboxylic acids is 1. The number of amides is 1. The molecular formula is C18H21N3O2S2. The minimum atomic E-state index is -0.102. The van der Waals surface area contributed by atoms with Gasteiger partial charge in [-0.25, -0.2) is 0 Å². The molecule has 3 N–H and O–H groups in total. The summed E-state index contributed by atoms with van der Waals surface area (Å²) in [5, 5.41) is 16.8. The highest BCUT2D eigenvalue weighted by Gasteiger charge is 2.24. The first-order valence-electron chi connectivity index (χ1n) is 8.25. The van der Waals surface area contributed by atoms with Crippen molar-refractivity contribution in [3.05, 3.63) is 40.8 Å². The molecule has 3 rings (SSSR count). The van der Waals surface area contributed by atoms with E-state index in [0.717, 1.165) is 29.2 Å². The largest absolute Gasteiger partial charge is 0.508 e. The first-order chi connectivity index (χ1) is 12.1. The van der Waals surface area contributed by atoms with Gasteiger partial charge < -0.3 is 15.7 Å². The first-order valence-corrected chi connectivity index (χ1v) is 10.1. The van der Waals surface area contributed by atoms with Gasteiger partial charge in [0.2, 0.25) is 5.91 Å². The van der Waals surface area contributed by atoms with E-state index in [1.807, 2.05) is 0 Å². The van der Waals surface area contributed by atoms with E-state index in [1.165, 1.54) is 22.7 Å². The Hall–Kier alpha value is -1.99. The van der Waals surface area contributed by atoms with Crippen LogP contribution in [0.2, 0.25) is 0 Å². The average molecular weight is 376 g/mol. The summed E-state index contributed by atoms with van der Waals surface area (Å²) in [5.74, 6) is 1.30. The lowest BCUT2D eigenvalue weighted by molar-refractivity contribution is -0.113. The van der Waals surface area contributed by atoms with Crippen molar-refractivity contribution in [1.82, 2.24) is 0 Å². The summed E-state index contributed by atoms with van der Waals surface area (Å²) in [7, 11) is 0. The normalized spacial score (nSPS) is 15.9. The molecule has 0 radical (unpaired) electrons. The number of phenolic OH excluding ortho intramolecular Hbond substituents is 1. The van der Waals surface area contributed by atoms with E-state index in [-0.39, 0.29) is 17.0 Å². The number of hydrogen-bond acceptors (Lipinski definition) is 6. The number of fused-ring (bicyclic) bond motifs is 1. The van der Waals surface area contributed by atoms with Crippen molar-refractivity contribution in [3.63, 3.8) is 0 Å². The van der Waals surface area contributed by atoms with Gasteiger partial charge in [-0.1, -0.05) is 19.9 Å². The lowest BCUT2D eigenvalue weighted by Gasteiger charge is -2.21. The zero-order valence-corrected chi connectivity index (χ0v) is 15.8. The molecule has 0 saturated carbocycles. The third-order valence-electron chi connectivity index (χ3n) is 3.79. The molecular weight excluding hydrogens is 354 g/mol. The number of phenols is 1. The van der Waals surface area contributed by atoms with E-state index >= 15 is 0 Å². The predicted octanol–water partition coefficient (Wildman–Crippen LogP) is 4.62. The lowest BCUT2D eigenvalue weighted by Crippen LogP contribution is -2.19. The van der Waals surface area contributed by atoms with Gasteiger partial charge in [0.25, 0.3) is 0 Å². The van der Waals surface area contributed by atoms with Crippen molar-refractivity contribution in [2.24, 2.45) is 4.99 Å². The fourth-order valence-corrected chi connectivity index (χ4v) is 4.60. The number of thioether (sulfide) groups is 1. The Kier molecular flexibility index (Phi) is 5.65. The number of nitrogens with zero attached hydrogens (tertiary/aromatic N) is 1. The molecule has 0 saturated heterocycles.